The molecule has 8 heteroatoms. The molecule has 0 saturated heterocycles. The average molecular weight is 381 g/mol. The second-order valence-electron chi connectivity index (χ2n) is 5.87. The molecule has 0 saturated carbocycles. The molecule has 0 heterocycles. The molecule has 0 aliphatic carbocycles. The molecule has 8 nitrogen and oxygen atoms in total. The minimum Gasteiger partial charge on any atom is -0.493 e. The summed E-state index contributed by atoms with van der Waals surface area (Å²) in [5, 5.41) is 2.57. The van der Waals surface area contributed by atoms with E-state index in [-0.39, 0.29) is 24.1 Å². The molecule has 1 amide bonds. The summed E-state index contributed by atoms with van der Waals surface area (Å²) in [5.74, 6) is -0.480. The van der Waals surface area contributed by atoms with Gasteiger partial charge in [-0.2, -0.15) is 0 Å². The zero-order chi connectivity index (χ0) is 20.2. The summed E-state index contributed by atoms with van der Waals surface area (Å²) in [6.07, 6.45) is 0.634. The van der Waals surface area contributed by atoms with Gasteiger partial charge < -0.3 is 24.3 Å². The van der Waals surface area contributed by atoms with Gasteiger partial charge in [0.25, 0.3) is 5.91 Å². The molecule has 1 aromatic rings. The van der Waals surface area contributed by atoms with Gasteiger partial charge in [0, 0.05) is 13.0 Å². The van der Waals surface area contributed by atoms with E-state index in [2.05, 4.69) is 5.32 Å². The molecule has 0 spiro atoms. The van der Waals surface area contributed by atoms with E-state index in [0.29, 0.717) is 31.1 Å². The molecule has 0 aromatic heterocycles. The van der Waals surface area contributed by atoms with Crippen molar-refractivity contribution in [2.45, 2.75) is 39.7 Å². The summed E-state index contributed by atoms with van der Waals surface area (Å²) < 4.78 is 20.6. The van der Waals surface area contributed by atoms with Gasteiger partial charge in [-0.15, -0.1) is 0 Å². The second kappa shape index (κ2) is 11.8. The second-order valence-corrected chi connectivity index (χ2v) is 5.87. The predicted octanol–water partition coefficient (Wildman–Crippen LogP) is 2.10. The largest absolute Gasteiger partial charge is 0.493 e. The van der Waals surface area contributed by atoms with Crippen molar-refractivity contribution in [3.63, 3.8) is 0 Å². The predicted molar refractivity (Wildman–Crippen MR) is 97.9 cm³/mol. The van der Waals surface area contributed by atoms with Crippen LogP contribution in [0.15, 0.2) is 18.2 Å². The van der Waals surface area contributed by atoms with Crippen LogP contribution in [-0.4, -0.2) is 50.8 Å². The molecule has 1 rings (SSSR count). The number of hydrogen-bond acceptors (Lipinski definition) is 7. The molecular formula is C19H27NO7. The number of hydrogen-bond donors (Lipinski definition) is 1. The fraction of sp³-hybridized carbons (Fsp3) is 0.526. The van der Waals surface area contributed by atoms with Crippen LogP contribution in [0, 0.1) is 0 Å². The van der Waals surface area contributed by atoms with Crippen molar-refractivity contribution in [1.82, 2.24) is 5.32 Å². The lowest BCUT2D eigenvalue weighted by Gasteiger charge is -2.14. The monoisotopic (exact) mass is 381 g/mol. The first-order valence-electron chi connectivity index (χ1n) is 8.81. The van der Waals surface area contributed by atoms with Gasteiger partial charge in [-0.05, 0) is 45.4 Å². The Bertz CT molecular complexity index is 643. The first-order chi connectivity index (χ1) is 12.9. The van der Waals surface area contributed by atoms with Crippen molar-refractivity contribution in [1.29, 1.82) is 0 Å². The quantitative estimate of drug-likeness (QED) is 0.463. The Kier molecular flexibility index (Phi) is 9.71. The van der Waals surface area contributed by atoms with E-state index in [0.717, 1.165) is 0 Å². The summed E-state index contributed by atoms with van der Waals surface area (Å²) in [6.45, 7) is 5.71. The number of rotatable bonds is 11. The van der Waals surface area contributed by atoms with Crippen molar-refractivity contribution in [3.05, 3.63) is 23.8 Å². The third-order valence-electron chi connectivity index (χ3n) is 3.28. The minimum absolute atomic E-state index is 0.0378. The first kappa shape index (κ1) is 22.3. The normalized spacial score (nSPS) is 10.3. The van der Waals surface area contributed by atoms with Gasteiger partial charge >= 0.3 is 11.9 Å². The number of methoxy groups -OCH3 is 1. The molecule has 0 aliphatic rings. The summed E-state index contributed by atoms with van der Waals surface area (Å²) in [6, 6.07) is 4.65. The van der Waals surface area contributed by atoms with Crippen LogP contribution in [0.3, 0.4) is 0 Å². The maximum Gasteiger partial charge on any atom is 0.338 e. The number of carbonyl (C=O) groups is 3. The van der Waals surface area contributed by atoms with Gasteiger partial charge in [0.2, 0.25) is 0 Å². The number of amides is 1. The lowest BCUT2D eigenvalue weighted by Crippen LogP contribution is -2.30. The zero-order valence-corrected chi connectivity index (χ0v) is 16.2. The number of carbonyl (C=O) groups excluding carboxylic acids is 3. The highest BCUT2D eigenvalue weighted by molar-refractivity contribution is 5.92. The van der Waals surface area contributed by atoms with Gasteiger partial charge in [0.15, 0.2) is 18.1 Å². The lowest BCUT2D eigenvalue weighted by molar-refractivity contribution is -0.143. The Hall–Kier alpha value is -2.77. The maximum absolute atomic E-state index is 12.1. The van der Waals surface area contributed by atoms with Crippen LogP contribution in [0.4, 0.5) is 0 Å². The van der Waals surface area contributed by atoms with E-state index in [9.17, 15) is 14.4 Å². The molecule has 150 valence electrons. The van der Waals surface area contributed by atoms with Crippen LogP contribution in [0.2, 0.25) is 0 Å². The Morgan fingerprint density at radius 1 is 1.11 bits per heavy atom. The molecule has 0 aliphatic heterocycles. The van der Waals surface area contributed by atoms with Crippen LogP contribution in [-0.2, 0) is 19.1 Å². The zero-order valence-electron chi connectivity index (χ0n) is 16.2. The van der Waals surface area contributed by atoms with Crippen molar-refractivity contribution in [3.8, 4) is 11.5 Å². The molecule has 1 aromatic carbocycles. The molecule has 0 unspecified atom stereocenters. The Labute approximate surface area is 159 Å². The molecule has 0 fully saturated rings. The van der Waals surface area contributed by atoms with Crippen molar-refractivity contribution in [2.75, 3.05) is 26.9 Å². The topological polar surface area (TPSA) is 100 Å². The molecule has 0 radical (unpaired) electrons. The van der Waals surface area contributed by atoms with Crippen LogP contribution in [0.25, 0.3) is 0 Å². The molecule has 27 heavy (non-hydrogen) atoms. The number of nitrogens with one attached hydrogen (secondary N) is 1. The molecule has 0 bridgehead atoms. The van der Waals surface area contributed by atoms with Gasteiger partial charge in [-0.1, -0.05) is 0 Å². The van der Waals surface area contributed by atoms with Crippen molar-refractivity contribution < 1.29 is 33.3 Å². The number of esters is 2. The van der Waals surface area contributed by atoms with E-state index in [4.69, 9.17) is 18.9 Å². The lowest BCUT2D eigenvalue weighted by atomic mass is 10.2. The third kappa shape index (κ3) is 8.44. The van der Waals surface area contributed by atoms with Crippen LogP contribution < -0.4 is 14.8 Å². The summed E-state index contributed by atoms with van der Waals surface area (Å²) in [4.78, 5) is 35.0. The van der Waals surface area contributed by atoms with Crippen LogP contribution in [0.1, 0.15) is 44.0 Å². The van der Waals surface area contributed by atoms with Crippen LogP contribution >= 0.6 is 0 Å². The third-order valence-corrected chi connectivity index (χ3v) is 3.28. The van der Waals surface area contributed by atoms with Gasteiger partial charge in [0.1, 0.15) is 0 Å². The minimum atomic E-state index is -0.647. The van der Waals surface area contributed by atoms with E-state index in [1.54, 1.807) is 19.1 Å². The highest BCUT2D eigenvalue weighted by Crippen LogP contribution is 2.29. The van der Waals surface area contributed by atoms with Crippen LogP contribution in [0.5, 0.6) is 11.5 Å². The van der Waals surface area contributed by atoms with Crippen molar-refractivity contribution >= 4 is 17.8 Å². The Morgan fingerprint density at radius 2 is 1.85 bits per heavy atom. The Balaban J connectivity index is 2.43. The summed E-state index contributed by atoms with van der Waals surface area (Å²) >= 11 is 0. The maximum atomic E-state index is 12.1. The average Bonchev–Trinajstić information content (AvgIpc) is 2.63. The number of ether oxygens (including phenoxy) is 4. The van der Waals surface area contributed by atoms with E-state index < -0.39 is 18.5 Å². The fourth-order valence-electron chi connectivity index (χ4n) is 2.11. The van der Waals surface area contributed by atoms with E-state index >= 15 is 0 Å². The molecular weight excluding hydrogens is 354 g/mol. The van der Waals surface area contributed by atoms with Gasteiger partial charge in [-0.3, -0.25) is 9.59 Å². The fourth-order valence-corrected chi connectivity index (χ4v) is 2.11. The Morgan fingerprint density at radius 3 is 2.48 bits per heavy atom. The number of benzene rings is 1. The first-order valence-corrected chi connectivity index (χ1v) is 8.81. The van der Waals surface area contributed by atoms with Gasteiger partial charge in [0.05, 0.1) is 25.4 Å². The highest BCUT2D eigenvalue weighted by atomic mass is 16.5. The standard InChI is InChI=1S/C19H27NO7/c1-5-25-18(22)7-6-10-20-17(21)12-26-19(23)14-8-9-15(27-13(2)3)16(11-14)24-4/h8-9,11,13H,5-7,10,12H2,1-4H3,(H,20,21). The molecule has 0 atom stereocenters. The summed E-state index contributed by atoms with van der Waals surface area (Å²) in [5.41, 5.74) is 0.248. The smallest absolute Gasteiger partial charge is 0.338 e. The van der Waals surface area contributed by atoms with Crippen molar-refractivity contribution in [2.24, 2.45) is 0 Å². The summed E-state index contributed by atoms with van der Waals surface area (Å²) in [7, 11) is 1.47. The van der Waals surface area contributed by atoms with E-state index in [1.807, 2.05) is 13.8 Å². The molecule has 1 N–H and O–H groups in total. The van der Waals surface area contributed by atoms with E-state index in [1.165, 1.54) is 13.2 Å². The van der Waals surface area contributed by atoms with Gasteiger partial charge in [-0.25, -0.2) is 4.79 Å². The highest BCUT2D eigenvalue weighted by Gasteiger charge is 2.14. The SMILES string of the molecule is CCOC(=O)CCCNC(=O)COC(=O)c1ccc(OC(C)C)c(OC)c1.